The van der Waals surface area contributed by atoms with E-state index in [0.29, 0.717) is 12.8 Å². The Morgan fingerprint density at radius 3 is 2.90 bits per heavy atom. The lowest BCUT2D eigenvalue weighted by atomic mass is 10.00. The molecule has 21 heavy (non-hydrogen) atoms. The van der Waals surface area contributed by atoms with Gasteiger partial charge in [0.25, 0.3) is 5.69 Å². The lowest BCUT2D eigenvalue weighted by Crippen LogP contribution is -2.47. The van der Waals surface area contributed by atoms with Crippen LogP contribution in [-0.2, 0) is 9.53 Å². The van der Waals surface area contributed by atoms with Crippen LogP contribution in [0.5, 0.6) is 5.75 Å². The predicted molar refractivity (Wildman–Crippen MR) is 75.3 cm³/mol. The molecule has 1 fully saturated rings. The molecule has 0 spiro atoms. The third kappa shape index (κ3) is 3.25. The van der Waals surface area contributed by atoms with Crippen LogP contribution in [0.3, 0.4) is 0 Å². The maximum absolute atomic E-state index is 11.6. The Kier molecular flexibility index (Phi) is 4.34. The van der Waals surface area contributed by atoms with E-state index in [1.807, 2.05) is 0 Å². The monoisotopic (exact) mass is 314 g/mol. The first-order chi connectivity index (χ1) is 9.85. The Morgan fingerprint density at radius 2 is 2.29 bits per heavy atom. The molecule has 1 aromatic carbocycles. The molecule has 2 atom stereocenters. The molecule has 2 unspecified atom stereocenters. The van der Waals surface area contributed by atoms with E-state index in [4.69, 9.17) is 22.1 Å². The van der Waals surface area contributed by atoms with Gasteiger partial charge in [0.2, 0.25) is 0 Å². The summed E-state index contributed by atoms with van der Waals surface area (Å²) in [5.74, 6) is -0.274. The number of rotatable bonds is 4. The molecule has 0 aromatic heterocycles. The highest BCUT2D eigenvalue weighted by Gasteiger charge is 2.44. The number of nitrogens with two attached hydrogens (primary N) is 1. The van der Waals surface area contributed by atoms with E-state index >= 15 is 0 Å². The summed E-state index contributed by atoms with van der Waals surface area (Å²) in [7, 11) is 1.28. The number of ether oxygens (including phenoxy) is 2. The number of nitro benzene ring substituents is 1. The van der Waals surface area contributed by atoms with Crippen LogP contribution in [0, 0.1) is 10.1 Å². The van der Waals surface area contributed by atoms with Crippen molar-refractivity contribution in [3.8, 4) is 5.75 Å². The maximum atomic E-state index is 11.6. The third-order valence-electron chi connectivity index (χ3n) is 3.52. The minimum atomic E-state index is -1.08. The Labute approximate surface area is 126 Å². The fourth-order valence-corrected chi connectivity index (χ4v) is 2.56. The SMILES string of the molecule is COC(=O)C1(N)CCC(Oc2cc([N+](=O)[O-])ccc2Cl)C1. The van der Waals surface area contributed by atoms with E-state index in [9.17, 15) is 14.9 Å². The van der Waals surface area contributed by atoms with Crippen molar-refractivity contribution in [2.45, 2.75) is 30.9 Å². The van der Waals surface area contributed by atoms with Crippen LogP contribution < -0.4 is 10.5 Å². The van der Waals surface area contributed by atoms with E-state index in [-0.39, 0.29) is 29.0 Å². The number of esters is 1. The number of carbonyl (C=O) groups is 1. The van der Waals surface area contributed by atoms with Gasteiger partial charge in [0.05, 0.1) is 23.1 Å². The molecule has 0 radical (unpaired) electrons. The number of benzene rings is 1. The first-order valence-corrected chi connectivity index (χ1v) is 6.71. The molecule has 7 nitrogen and oxygen atoms in total. The summed E-state index contributed by atoms with van der Waals surface area (Å²) in [6.45, 7) is 0. The zero-order chi connectivity index (χ0) is 15.6. The van der Waals surface area contributed by atoms with E-state index < -0.39 is 16.4 Å². The van der Waals surface area contributed by atoms with E-state index in [2.05, 4.69) is 4.74 Å². The third-order valence-corrected chi connectivity index (χ3v) is 3.83. The second-order valence-corrected chi connectivity index (χ2v) is 5.41. The van der Waals surface area contributed by atoms with Crippen molar-refractivity contribution in [2.75, 3.05) is 7.11 Å². The summed E-state index contributed by atoms with van der Waals surface area (Å²) in [6.07, 6.45) is 0.911. The van der Waals surface area contributed by atoms with Crippen molar-refractivity contribution >= 4 is 23.3 Å². The second-order valence-electron chi connectivity index (χ2n) is 5.00. The molecule has 0 saturated heterocycles. The molecule has 1 aromatic rings. The highest BCUT2D eigenvalue weighted by atomic mass is 35.5. The van der Waals surface area contributed by atoms with Gasteiger partial charge in [-0.25, -0.2) is 0 Å². The number of carbonyl (C=O) groups excluding carboxylic acids is 1. The Balaban J connectivity index is 2.12. The van der Waals surface area contributed by atoms with Crippen LogP contribution in [0.25, 0.3) is 0 Å². The van der Waals surface area contributed by atoms with E-state index in [0.717, 1.165) is 0 Å². The molecule has 2 rings (SSSR count). The van der Waals surface area contributed by atoms with Crippen molar-refractivity contribution in [3.05, 3.63) is 33.3 Å². The average Bonchev–Trinajstić information content (AvgIpc) is 2.82. The number of nitro groups is 1. The number of non-ortho nitro benzene ring substituents is 1. The van der Waals surface area contributed by atoms with Gasteiger partial charge >= 0.3 is 5.97 Å². The van der Waals surface area contributed by atoms with Gasteiger partial charge in [0, 0.05) is 12.5 Å². The molecule has 0 bridgehead atoms. The normalized spacial score (nSPS) is 24.6. The predicted octanol–water partition coefficient (Wildman–Crippen LogP) is 2.05. The first kappa shape index (κ1) is 15.5. The Hall–Kier alpha value is -1.86. The van der Waals surface area contributed by atoms with Crippen LogP contribution in [-0.4, -0.2) is 29.6 Å². The summed E-state index contributed by atoms with van der Waals surface area (Å²) < 4.78 is 10.3. The molecule has 114 valence electrons. The highest BCUT2D eigenvalue weighted by molar-refractivity contribution is 6.32. The minimum Gasteiger partial charge on any atom is -0.489 e. The molecule has 0 aliphatic heterocycles. The second kappa shape index (κ2) is 5.87. The fourth-order valence-electron chi connectivity index (χ4n) is 2.39. The quantitative estimate of drug-likeness (QED) is 0.518. The summed E-state index contributed by atoms with van der Waals surface area (Å²) in [5, 5.41) is 11.0. The van der Waals surface area contributed by atoms with Gasteiger partial charge in [0.1, 0.15) is 17.4 Å². The standard InChI is InChI=1S/C13H15ClN2O5/c1-20-12(17)13(15)5-4-9(7-13)21-11-6-8(16(18)19)2-3-10(11)14/h2-3,6,9H,4-5,7,15H2,1H3. The smallest absolute Gasteiger partial charge is 0.325 e. The summed E-state index contributed by atoms with van der Waals surface area (Å²) >= 11 is 5.97. The average molecular weight is 315 g/mol. The first-order valence-electron chi connectivity index (χ1n) is 6.33. The number of halogens is 1. The number of methoxy groups -OCH3 is 1. The van der Waals surface area contributed by atoms with Gasteiger partial charge < -0.3 is 15.2 Å². The van der Waals surface area contributed by atoms with Crippen LogP contribution in [0.1, 0.15) is 19.3 Å². The van der Waals surface area contributed by atoms with Crippen molar-refractivity contribution in [1.29, 1.82) is 0 Å². The van der Waals surface area contributed by atoms with Crippen LogP contribution in [0.15, 0.2) is 18.2 Å². The molecular weight excluding hydrogens is 300 g/mol. The van der Waals surface area contributed by atoms with E-state index in [1.54, 1.807) is 0 Å². The topological polar surface area (TPSA) is 105 Å². The number of hydrogen-bond donors (Lipinski definition) is 1. The maximum Gasteiger partial charge on any atom is 0.325 e. The van der Waals surface area contributed by atoms with Gasteiger partial charge in [-0.2, -0.15) is 0 Å². The van der Waals surface area contributed by atoms with Crippen LogP contribution in [0.2, 0.25) is 5.02 Å². The zero-order valence-corrected chi connectivity index (χ0v) is 12.1. The molecule has 1 aliphatic rings. The Bertz CT molecular complexity index is 580. The van der Waals surface area contributed by atoms with Gasteiger partial charge in [-0.3, -0.25) is 14.9 Å². The fraction of sp³-hybridized carbons (Fsp3) is 0.462. The van der Waals surface area contributed by atoms with E-state index in [1.165, 1.54) is 25.3 Å². The van der Waals surface area contributed by atoms with Crippen LogP contribution >= 0.6 is 11.6 Å². The lowest BCUT2D eigenvalue weighted by molar-refractivity contribution is -0.384. The highest BCUT2D eigenvalue weighted by Crippen LogP contribution is 2.35. The van der Waals surface area contributed by atoms with Crippen LogP contribution in [0.4, 0.5) is 5.69 Å². The molecule has 1 aliphatic carbocycles. The van der Waals surface area contributed by atoms with Crippen molar-refractivity contribution in [3.63, 3.8) is 0 Å². The summed E-state index contributed by atoms with van der Waals surface area (Å²) in [5.41, 5.74) is 4.79. The van der Waals surface area contributed by atoms with Crippen molar-refractivity contribution < 1.29 is 19.2 Å². The molecule has 2 N–H and O–H groups in total. The molecule has 8 heteroatoms. The molecule has 0 heterocycles. The molecule has 1 saturated carbocycles. The number of nitrogens with zero attached hydrogens (tertiary/aromatic N) is 1. The number of hydrogen-bond acceptors (Lipinski definition) is 6. The Morgan fingerprint density at radius 1 is 1.57 bits per heavy atom. The van der Waals surface area contributed by atoms with Gasteiger partial charge in [0.15, 0.2) is 0 Å². The van der Waals surface area contributed by atoms with Gasteiger partial charge in [-0.15, -0.1) is 0 Å². The zero-order valence-electron chi connectivity index (χ0n) is 11.4. The lowest BCUT2D eigenvalue weighted by Gasteiger charge is -2.21. The molecular formula is C13H15ClN2O5. The van der Waals surface area contributed by atoms with Crippen molar-refractivity contribution in [1.82, 2.24) is 0 Å². The minimum absolute atomic E-state index is 0.112. The van der Waals surface area contributed by atoms with Gasteiger partial charge in [-0.05, 0) is 18.9 Å². The summed E-state index contributed by atoms with van der Waals surface area (Å²) in [4.78, 5) is 21.9. The van der Waals surface area contributed by atoms with Crippen molar-refractivity contribution in [2.24, 2.45) is 5.73 Å². The largest absolute Gasteiger partial charge is 0.489 e. The summed E-state index contributed by atoms with van der Waals surface area (Å²) in [6, 6.07) is 3.96. The molecule has 0 amide bonds. The van der Waals surface area contributed by atoms with Gasteiger partial charge in [-0.1, -0.05) is 11.6 Å².